The molecule has 9 heterocycles. The summed E-state index contributed by atoms with van der Waals surface area (Å²) in [5.74, 6) is 2.19. The summed E-state index contributed by atoms with van der Waals surface area (Å²) in [5, 5.41) is 27.5. The van der Waals surface area contributed by atoms with Gasteiger partial charge in [-0.05, 0) is 95.8 Å². The molecule has 0 saturated carbocycles. The lowest BCUT2D eigenvalue weighted by Gasteiger charge is -2.42. The van der Waals surface area contributed by atoms with E-state index in [4.69, 9.17) is 5.26 Å². The molecule has 0 aromatic heterocycles. The molecule has 0 aliphatic carbocycles. The molecule has 0 N–H and O–H groups in total. The molecule has 0 spiro atoms. The molecular weight excluding hydrogens is 1220 g/mol. The molecule has 0 atom stereocenters. The number of hydrogen-bond acceptors (Lipinski definition) is 15. The molecule has 15 rings (SSSR count). The highest BCUT2D eigenvalue weighted by atomic mass is 19.4. The van der Waals surface area contributed by atoms with Crippen LogP contribution < -0.4 is 0 Å². The highest BCUT2D eigenvalue weighted by Crippen LogP contribution is 2.37. The molecule has 0 fully saturated rings. The van der Waals surface area contributed by atoms with Gasteiger partial charge in [0.15, 0.2) is 0 Å². The molecule has 0 unspecified atom stereocenters. The number of amides is 3. The maximum Gasteiger partial charge on any atom is 0.416 e. The third-order valence-electron chi connectivity index (χ3n) is 18.8. The number of nitrogens with zero attached hydrogens (tertiary/aromatic N) is 15. The summed E-state index contributed by atoms with van der Waals surface area (Å²) < 4.78 is 38.8. The summed E-state index contributed by atoms with van der Waals surface area (Å²) in [5.41, 5.74) is 15.4. The van der Waals surface area contributed by atoms with E-state index in [2.05, 4.69) is 125 Å². The number of halogens is 3. The normalized spacial score (nSPS) is 18.6. The lowest BCUT2D eigenvalue weighted by Crippen LogP contribution is -2.53. The number of guanidine groups is 3. The highest BCUT2D eigenvalue weighted by molar-refractivity contribution is 6.11. The SMILES string of the molecule is Cc1ccc(CN2C(=O)C3=C(CCN(Cc4cccc(C#N)c4)C3)N3CCN=C23)cc1.Cc1ccc(CN2C(=O)C3=C(CCN(Cc4cccc(C#N)c4)C3)N3CCN=C23)cc1.N#Cc1cccc(CN2CCC3=C(C2)C(=O)N(Cc2ccc(C(F)(F)F)cc2)C2=NCCN23)c1. The van der Waals surface area contributed by atoms with Crippen LogP contribution in [0.3, 0.4) is 0 Å². The van der Waals surface area contributed by atoms with E-state index in [0.717, 1.165) is 152 Å². The Balaban J connectivity index is 0.000000130. The van der Waals surface area contributed by atoms with Crippen LogP contribution in [0.1, 0.15) is 86.0 Å². The summed E-state index contributed by atoms with van der Waals surface area (Å²) in [6.07, 6.45) is -2.00. The number of nitriles is 3. The standard InChI is InChI=1S/C25H22F3N5O.2C25H25N5O/c26-25(27,28)20-6-4-17(5-7-20)15-33-23(34)21-16-31(14-19-3-1-2-18(12-19)13-29)10-8-22(21)32-11-9-30-24(32)33;2*1-18-5-7-19(8-6-18)16-30-24(31)22-17-28(15-21-4-2-3-20(13-21)14-26)11-9-23(22)29-12-10-27-25(29)30/h1-7,12H,8-11,14-16H2;2*2-8,13H,9-12,15-17H2,1H3. The van der Waals surface area contributed by atoms with Crippen molar-refractivity contribution in [1.29, 1.82) is 15.8 Å². The Labute approximate surface area is 557 Å². The second-order valence-electron chi connectivity index (χ2n) is 25.4. The van der Waals surface area contributed by atoms with Gasteiger partial charge in [-0.25, -0.2) is 0 Å². The molecule has 0 radical (unpaired) electrons. The number of aryl methyl sites for hydroxylation is 2. The van der Waals surface area contributed by atoms with Gasteiger partial charge in [-0.15, -0.1) is 0 Å². The van der Waals surface area contributed by atoms with Crippen LogP contribution in [0.2, 0.25) is 0 Å². The predicted octanol–water partition coefficient (Wildman–Crippen LogP) is 9.83. The number of carbonyl (C=O) groups excluding carboxylic acids is 3. The van der Waals surface area contributed by atoms with Gasteiger partial charge in [0.2, 0.25) is 17.9 Å². The maximum absolute atomic E-state index is 13.6. The molecule has 9 aliphatic rings. The Morgan fingerprint density at radius 2 is 0.698 bits per heavy atom. The van der Waals surface area contributed by atoms with Gasteiger partial charge in [-0.2, -0.15) is 29.0 Å². The van der Waals surface area contributed by atoms with Crippen molar-refractivity contribution < 1.29 is 27.6 Å². The number of alkyl halides is 3. The zero-order chi connectivity index (χ0) is 66.6. The Bertz CT molecular complexity index is 4180. The topological polar surface area (TPSA) is 189 Å². The van der Waals surface area contributed by atoms with Crippen molar-refractivity contribution in [3.05, 3.63) is 246 Å². The number of rotatable bonds is 12. The first-order valence-electron chi connectivity index (χ1n) is 32.6. The first-order chi connectivity index (χ1) is 46.6. The van der Waals surface area contributed by atoms with Crippen molar-refractivity contribution in [3.63, 3.8) is 0 Å². The van der Waals surface area contributed by atoms with E-state index in [1.165, 1.54) is 23.3 Å². The summed E-state index contributed by atoms with van der Waals surface area (Å²) in [6, 6.07) is 51.0. The van der Waals surface area contributed by atoms with Crippen LogP contribution in [0.15, 0.2) is 194 Å². The fourth-order valence-corrected chi connectivity index (χ4v) is 14.0. The maximum atomic E-state index is 13.6. The Hall–Kier alpha value is -10.5. The van der Waals surface area contributed by atoms with Crippen molar-refractivity contribution in [1.82, 2.24) is 44.1 Å². The van der Waals surface area contributed by atoms with Crippen molar-refractivity contribution >= 4 is 35.6 Å². The monoisotopic (exact) mass is 1290 g/mol. The first kappa shape index (κ1) is 64.2. The third-order valence-corrected chi connectivity index (χ3v) is 18.8. The van der Waals surface area contributed by atoms with E-state index >= 15 is 0 Å². The molecule has 0 bridgehead atoms. The van der Waals surface area contributed by atoms with Gasteiger partial charge < -0.3 is 14.7 Å². The minimum Gasteiger partial charge on any atom is -0.314 e. The average Bonchev–Trinajstić information content (AvgIpc) is 1.57. The second-order valence-corrected chi connectivity index (χ2v) is 25.4. The van der Waals surface area contributed by atoms with Gasteiger partial charge in [-0.3, -0.25) is 58.8 Å². The van der Waals surface area contributed by atoms with E-state index < -0.39 is 11.7 Å². The zero-order valence-corrected chi connectivity index (χ0v) is 53.8. The molecule has 96 heavy (non-hydrogen) atoms. The Kier molecular flexibility index (Phi) is 18.6. The fraction of sp³-hybridized carbons (Fsp3) is 0.320. The number of aliphatic imine (C=N–C) groups is 3. The lowest BCUT2D eigenvalue weighted by atomic mass is 9.99. The first-order valence-corrected chi connectivity index (χ1v) is 32.6. The number of benzene rings is 6. The van der Waals surface area contributed by atoms with Gasteiger partial charge in [-0.1, -0.05) is 108 Å². The van der Waals surface area contributed by atoms with Crippen LogP contribution in [0.5, 0.6) is 0 Å². The second kappa shape index (κ2) is 27.8. The van der Waals surface area contributed by atoms with Gasteiger partial charge in [0, 0.05) is 115 Å². The van der Waals surface area contributed by atoms with Gasteiger partial charge >= 0.3 is 6.18 Å². The fourth-order valence-electron chi connectivity index (χ4n) is 14.0. The van der Waals surface area contributed by atoms with Crippen LogP contribution in [0, 0.1) is 47.8 Å². The number of hydrogen-bond donors (Lipinski definition) is 0. The molecule has 9 aliphatic heterocycles. The molecular formula is C75H72F3N15O3. The summed E-state index contributed by atoms with van der Waals surface area (Å²) >= 11 is 0. The van der Waals surface area contributed by atoms with Crippen LogP contribution in [0.4, 0.5) is 13.2 Å². The quantitative estimate of drug-likeness (QED) is 0.113. The van der Waals surface area contributed by atoms with Crippen molar-refractivity contribution in [2.75, 3.05) is 78.5 Å². The number of carbonyl (C=O) groups is 3. The van der Waals surface area contributed by atoms with E-state index in [1.807, 2.05) is 76.5 Å². The van der Waals surface area contributed by atoms with Crippen molar-refractivity contribution in [2.45, 2.75) is 78.6 Å². The van der Waals surface area contributed by atoms with Crippen molar-refractivity contribution in [3.8, 4) is 18.2 Å². The summed E-state index contributed by atoms with van der Waals surface area (Å²) in [4.78, 5) is 73.2. The third kappa shape index (κ3) is 13.9. The van der Waals surface area contributed by atoms with Crippen LogP contribution in [-0.2, 0) is 59.8 Å². The number of fused-ring (bicyclic) bond motifs is 6. The van der Waals surface area contributed by atoms with E-state index in [0.29, 0.717) is 92.6 Å². The Morgan fingerprint density at radius 1 is 0.396 bits per heavy atom. The van der Waals surface area contributed by atoms with E-state index in [1.54, 1.807) is 11.0 Å². The van der Waals surface area contributed by atoms with Gasteiger partial charge in [0.1, 0.15) is 0 Å². The smallest absolute Gasteiger partial charge is 0.314 e. The van der Waals surface area contributed by atoms with Crippen LogP contribution >= 0.6 is 0 Å². The van der Waals surface area contributed by atoms with Crippen molar-refractivity contribution in [2.24, 2.45) is 15.0 Å². The molecule has 21 heteroatoms. The van der Waals surface area contributed by atoms with Gasteiger partial charge in [0.25, 0.3) is 17.7 Å². The molecule has 6 aromatic carbocycles. The van der Waals surface area contributed by atoms with E-state index in [-0.39, 0.29) is 24.3 Å². The molecule has 6 aromatic rings. The molecule has 0 saturated heterocycles. The minimum atomic E-state index is -4.40. The summed E-state index contributed by atoms with van der Waals surface area (Å²) in [7, 11) is 0. The van der Waals surface area contributed by atoms with E-state index in [9.17, 15) is 38.1 Å². The zero-order valence-electron chi connectivity index (χ0n) is 53.8. The predicted molar refractivity (Wildman–Crippen MR) is 357 cm³/mol. The minimum absolute atomic E-state index is 0.0722. The van der Waals surface area contributed by atoms with Crippen LogP contribution in [0.25, 0.3) is 0 Å². The van der Waals surface area contributed by atoms with Gasteiger partial charge in [0.05, 0.1) is 96.4 Å². The average molecular weight is 1290 g/mol. The Morgan fingerprint density at radius 3 is 0.990 bits per heavy atom. The summed E-state index contributed by atoms with van der Waals surface area (Å²) in [6.45, 7) is 16.2. The molecule has 18 nitrogen and oxygen atoms in total. The highest BCUT2D eigenvalue weighted by Gasteiger charge is 2.44. The largest absolute Gasteiger partial charge is 0.416 e. The molecule has 3 amide bonds. The lowest BCUT2D eigenvalue weighted by molar-refractivity contribution is -0.137. The van der Waals surface area contributed by atoms with Crippen LogP contribution in [-0.4, -0.2) is 158 Å². The molecule has 486 valence electrons.